The Hall–Kier alpha value is -3.40. The first-order chi connectivity index (χ1) is 14.0. The van der Waals surface area contributed by atoms with Crippen LogP contribution in [0.15, 0.2) is 78.9 Å². The number of carbonyl (C=O) groups is 2. The van der Waals surface area contributed by atoms with Crippen molar-refractivity contribution in [2.75, 3.05) is 5.32 Å². The number of rotatable bonds is 5. The van der Waals surface area contributed by atoms with Crippen LogP contribution in [0.5, 0.6) is 0 Å². The third-order valence-corrected chi connectivity index (χ3v) is 5.37. The molecule has 3 aromatic carbocycles. The lowest BCUT2D eigenvalue weighted by atomic mass is 10.0. The minimum Gasteiger partial charge on any atom is -0.324 e. The summed E-state index contributed by atoms with van der Waals surface area (Å²) in [5.41, 5.74) is 4.36. The average molecular weight is 384 g/mol. The number of nitrogens with one attached hydrogen (secondary N) is 1. The van der Waals surface area contributed by atoms with E-state index in [0.29, 0.717) is 18.0 Å². The fourth-order valence-corrected chi connectivity index (χ4v) is 3.76. The first-order valence-corrected chi connectivity index (χ1v) is 9.89. The normalized spacial score (nSPS) is 14.0. The van der Waals surface area contributed by atoms with Crippen molar-refractivity contribution in [3.63, 3.8) is 0 Å². The predicted molar refractivity (Wildman–Crippen MR) is 115 cm³/mol. The van der Waals surface area contributed by atoms with Crippen LogP contribution in [0.25, 0.3) is 0 Å². The number of carbonyl (C=O) groups excluding carboxylic acids is 2. The van der Waals surface area contributed by atoms with Gasteiger partial charge in [-0.2, -0.15) is 0 Å². The first-order valence-electron chi connectivity index (χ1n) is 9.89. The standard InChI is InChI=1S/C25H24N2O2/c1-17(2)18-12-14-21(15-13-18)26-24(28)23(19-8-4-3-5-9-19)27-16-20-10-6-7-11-22(20)25(27)29/h3-15,17,23H,16H2,1-2H3,(H,26,28). The second kappa shape index (κ2) is 7.92. The van der Waals surface area contributed by atoms with Crippen LogP contribution in [-0.2, 0) is 11.3 Å². The van der Waals surface area contributed by atoms with Gasteiger partial charge in [0.1, 0.15) is 6.04 Å². The lowest BCUT2D eigenvalue weighted by Gasteiger charge is -2.27. The van der Waals surface area contributed by atoms with Gasteiger partial charge in [0.15, 0.2) is 0 Å². The third kappa shape index (κ3) is 3.79. The molecule has 1 unspecified atom stereocenters. The lowest BCUT2D eigenvalue weighted by molar-refractivity contribution is -0.120. The van der Waals surface area contributed by atoms with Crippen molar-refractivity contribution in [3.05, 3.63) is 101 Å². The number of amides is 2. The summed E-state index contributed by atoms with van der Waals surface area (Å²) in [5, 5.41) is 3.00. The summed E-state index contributed by atoms with van der Waals surface area (Å²) >= 11 is 0. The van der Waals surface area contributed by atoms with Gasteiger partial charge >= 0.3 is 0 Å². The molecule has 1 atom stereocenters. The summed E-state index contributed by atoms with van der Waals surface area (Å²) in [5.74, 6) is 0.104. The van der Waals surface area contributed by atoms with Gasteiger partial charge < -0.3 is 10.2 Å². The van der Waals surface area contributed by atoms with Crippen molar-refractivity contribution in [2.24, 2.45) is 0 Å². The summed E-state index contributed by atoms with van der Waals surface area (Å²) in [6, 6.07) is 24.2. The Balaban J connectivity index is 1.63. The molecule has 0 radical (unpaired) electrons. The minimum atomic E-state index is -0.694. The molecule has 146 valence electrons. The predicted octanol–water partition coefficient (Wildman–Crippen LogP) is 5.15. The molecular formula is C25H24N2O2. The quantitative estimate of drug-likeness (QED) is 0.662. The Morgan fingerprint density at radius 3 is 2.17 bits per heavy atom. The van der Waals surface area contributed by atoms with Crippen LogP contribution in [0.4, 0.5) is 5.69 Å². The van der Waals surface area contributed by atoms with E-state index in [-0.39, 0.29) is 11.8 Å². The molecule has 0 saturated carbocycles. The van der Waals surface area contributed by atoms with E-state index in [1.807, 2.05) is 78.9 Å². The van der Waals surface area contributed by atoms with E-state index in [4.69, 9.17) is 0 Å². The molecule has 4 nitrogen and oxygen atoms in total. The summed E-state index contributed by atoms with van der Waals surface area (Å²) in [4.78, 5) is 28.0. The molecular weight excluding hydrogens is 360 g/mol. The van der Waals surface area contributed by atoms with E-state index in [1.165, 1.54) is 5.56 Å². The molecule has 29 heavy (non-hydrogen) atoms. The highest BCUT2D eigenvalue weighted by molar-refractivity contribution is 6.03. The number of anilines is 1. The molecule has 4 rings (SSSR count). The zero-order valence-corrected chi connectivity index (χ0v) is 16.6. The molecule has 1 aliphatic rings. The van der Waals surface area contributed by atoms with Crippen molar-refractivity contribution in [2.45, 2.75) is 32.4 Å². The summed E-state index contributed by atoms with van der Waals surface area (Å²) in [6.45, 7) is 4.69. The summed E-state index contributed by atoms with van der Waals surface area (Å²) in [7, 11) is 0. The average Bonchev–Trinajstić information content (AvgIpc) is 3.06. The Morgan fingerprint density at radius 2 is 1.52 bits per heavy atom. The molecule has 0 spiro atoms. The lowest BCUT2D eigenvalue weighted by Crippen LogP contribution is -2.37. The second-order valence-electron chi connectivity index (χ2n) is 7.67. The monoisotopic (exact) mass is 384 g/mol. The van der Waals surface area contributed by atoms with E-state index in [9.17, 15) is 9.59 Å². The molecule has 2 amide bonds. The highest BCUT2D eigenvalue weighted by atomic mass is 16.2. The molecule has 4 heteroatoms. The SMILES string of the molecule is CC(C)c1ccc(NC(=O)C(c2ccccc2)N2Cc3ccccc3C2=O)cc1. The number of fused-ring (bicyclic) bond motifs is 1. The Bertz CT molecular complexity index is 1030. The topological polar surface area (TPSA) is 49.4 Å². The largest absolute Gasteiger partial charge is 0.324 e. The van der Waals surface area contributed by atoms with Crippen molar-refractivity contribution in [3.8, 4) is 0 Å². The molecule has 0 saturated heterocycles. The van der Waals surface area contributed by atoms with Gasteiger partial charge in [0.05, 0.1) is 0 Å². The van der Waals surface area contributed by atoms with Crippen LogP contribution in [0, 0.1) is 0 Å². The molecule has 1 N–H and O–H groups in total. The van der Waals surface area contributed by atoms with Crippen LogP contribution in [0.1, 0.15) is 52.9 Å². The first kappa shape index (κ1) is 18.9. The molecule has 0 bridgehead atoms. The van der Waals surface area contributed by atoms with Gasteiger partial charge in [-0.05, 0) is 40.8 Å². The highest BCUT2D eigenvalue weighted by Crippen LogP contribution is 2.32. The van der Waals surface area contributed by atoms with E-state index in [0.717, 1.165) is 16.8 Å². The second-order valence-corrected chi connectivity index (χ2v) is 7.67. The molecule has 0 fully saturated rings. The van der Waals surface area contributed by atoms with Crippen molar-refractivity contribution in [1.29, 1.82) is 0 Å². The summed E-state index contributed by atoms with van der Waals surface area (Å²) in [6.07, 6.45) is 0. The van der Waals surface area contributed by atoms with E-state index in [1.54, 1.807) is 4.90 Å². The third-order valence-electron chi connectivity index (χ3n) is 5.37. The fraction of sp³-hybridized carbons (Fsp3) is 0.200. The van der Waals surface area contributed by atoms with Crippen LogP contribution >= 0.6 is 0 Å². The maximum atomic E-state index is 13.3. The van der Waals surface area contributed by atoms with Crippen LogP contribution < -0.4 is 5.32 Å². The van der Waals surface area contributed by atoms with Crippen LogP contribution in [0.3, 0.4) is 0 Å². The molecule has 1 heterocycles. The number of benzene rings is 3. The zero-order chi connectivity index (χ0) is 20.4. The Kier molecular flexibility index (Phi) is 5.17. The van der Waals surface area contributed by atoms with Crippen molar-refractivity contribution >= 4 is 17.5 Å². The van der Waals surface area contributed by atoms with Crippen molar-refractivity contribution < 1.29 is 9.59 Å². The van der Waals surface area contributed by atoms with Gasteiger partial charge in [0.2, 0.25) is 0 Å². The van der Waals surface area contributed by atoms with E-state index < -0.39 is 6.04 Å². The van der Waals surface area contributed by atoms with Gasteiger partial charge in [-0.15, -0.1) is 0 Å². The van der Waals surface area contributed by atoms with Gasteiger partial charge in [0, 0.05) is 17.8 Å². The molecule has 0 aliphatic carbocycles. The number of nitrogens with zero attached hydrogens (tertiary/aromatic N) is 1. The van der Waals surface area contributed by atoms with Gasteiger partial charge in [-0.25, -0.2) is 0 Å². The molecule has 0 aromatic heterocycles. The number of hydrogen-bond acceptors (Lipinski definition) is 2. The molecule has 3 aromatic rings. The molecule has 1 aliphatic heterocycles. The van der Waals surface area contributed by atoms with Gasteiger partial charge in [-0.3, -0.25) is 9.59 Å². The van der Waals surface area contributed by atoms with E-state index in [2.05, 4.69) is 19.2 Å². The maximum absolute atomic E-state index is 13.3. The Morgan fingerprint density at radius 1 is 0.862 bits per heavy atom. The minimum absolute atomic E-state index is 0.111. The van der Waals surface area contributed by atoms with Crippen LogP contribution in [-0.4, -0.2) is 16.7 Å². The maximum Gasteiger partial charge on any atom is 0.255 e. The highest BCUT2D eigenvalue weighted by Gasteiger charge is 2.37. The van der Waals surface area contributed by atoms with Gasteiger partial charge in [-0.1, -0.05) is 74.5 Å². The summed E-state index contributed by atoms with van der Waals surface area (Å²) < 4.78 is 0. The zero-order valence-electron chi connectivity index (χ0n) is 16.6. The Labute approximate surface area is 171 Å². The van der Waals surface area contributed by atoms with Crippen molar-refractivity contribution in [1.82, 2.24) is 4.90 Å². The van der Waals surface area contributed by atoms with Crippen LogP contribution in [0.2, 0.25) is 0 Å². The van der Waals surface area contributed by atoms with E-state index >= 15 is 0 Å². The number of hydrogen-bond donors (Lipinski definition) is 1. The van der Waals surface area contributed by atoms with Gasteiger partial charge in [0.25, 0.3) is 11.8 Å². The fourth-order valence-electron chi connectivity index (χ4n) is 3.76. The smallest absolute Gasteiger partial charge is 0.255 e.